The summed E-state index contributed by atoms with van der Waals surface area (Å²) in [6.07, 6.45) is 1.77. The molecular formula is C11H19N3O. The zero-order valence-electron chi connectivity index (χ0n) is 10.1. The summed E-state index contributed by atoms with van der Waals surface area (Å²) in [6, 6.07) is 0. The summed E-state index contributed by atoms with van der Waals surface area (Å²) in [5.41, 5.74) is 0.717. The minimum Gasteiger partial charge on any atom is -0.472 e. The standard InChI is InChI=1S/C11H19N3O/c1-6-12-10-13-7-8(2)9(14-10)15-11(3,4)5/h7H,6H2,1-5H3,(H,12,13,14). The third-order valence-corrected chi connectivity index (χ3v) is 1.66. The third kappa shape index (κ3) is 3.73. The Morgan fingerprint density at radius 1 is 1.40 bits per heavy atom. The second-order valence-corrected chi connectivity index (χ2v) is 4.43. The van der Waals surface area contributed by atoms with Gasteiger partial charge in [0.25, 0.3) is 0 Å². The maximum absolute atomic E-state index is 5.73. The highest BCUT2D eigenvalue weighted by Gasteiger charge is 2.15. The molecule has 0 saturated heterocycles. The monoisotopic (exact) mass is 209 g/mol. The van der Waals surface area contributed by atoms with Gasteiger partial charge in [0.2, 0.25) is 11.8 Å². The highest BCUT2D eigenvalue weighted by atomic mass is 16.5. The molecule has 1 aromatic heterocycles. The van der Waals surface area contributed by atoms with Gasteiger partial charge in [-0.25, -0.2) is 4.98 Å². The second kappa shape index (κ2) is 4.47. The molecule has 0 aliphatic carbocycles. The van der Waals surface area contributed by atoms with Gasteiger partial charge in [0, 0.05) is 18.3 Å². The van der Waals surface area contributed by atoms with Gasteiger partial charge in [-0.3, -0.25) is 0 Å². The van der Waals surface area contributed by atoms with E-state index in [9.17, 15) is 0 Å². The van der Waals surface area contributed by atoms with Crippen LogP contribution in [0, 0.1) is 6.92 Å². The van der Waals surface area contributed by atoms with E-state index in [-0.39, 0.29) is 5.60 Å². The van der Waals surface area contributed by atoms with Crippen molar-refractivity contribution in [1.29, 1.82) is 0 Å². The van der Waals surface area contributed by atoms with Gasteiger partial charge in [0.1, 0.15) is 5.60 Å². The largest absolute Gasteiger partial charge is 0.472 e. The van der Waals surface area contributed by atoms with E-state index in [0.29, 0.717) is 11.8 Å². The van der Waals surface area contributed by atoms with Crippen LogP contribution in [0.1, 0.15) is 33.3 Å². The lowest BCUT2D eigenvalue weighted by Gasteiger charge is -2.21. The predicted octanol–water partition coefficient (Wildman–Crippen LogP) is 2.39. The van der Waals surface area contributed by atoms with E-state index in [1.165, 1.54) is 0 Å². The molecule has 4 heteroatoms. The Balaban J connectivity index is 2.90. The molecule has 1 aromatic rings. The van der Waals surface area contributed by atoms with Crippen molar-refractivity contribution in [2.24, 2.45) is 0 Å². The van der Waals surface area contributed by atoms with E-state index in [4.69, 9.17) is 4.74 Å². The molecule has 0 aromatic carbocycles. The van der Waals surface area contributed by atoms with Crippen LogP contribution >= 0.6 is 0 Å². The molecule has 1 N–H and O–H groups in total. The Hall–Kier alpha value is -1.32. The van der Waals surface area contributed by atoms with Crippen molar-refractivity contribution in [3.8, 4) is 5.88 Å². The van der Waals surface area contributed by atoms with Crippen molar-refractivity contribution < 1.29 is 4.74 Å². The predicted molar refractivity (Wildman–Crippen MR) is 61.3 cm³/mol. The van der Waals surface area contributed by atoms with Gasteiger partial charge in [-0.05, 0) is 34.6 Å². The van der Waals surface area contributed by atoms with Gasteiger partial charge in [-0.2, -0.15) is 4.98 Å². The fraction of sp³-hybridized carbons (Fsp3) is 0.636. The molecule has 0 aliphatic heterocycles. The summed E-state index contributed by atoms with van der Waals surface area (Å²) >= 11 is 0. The van der Waals surface area contributed by atoms with Crippen LogP contribution in [-0.2, 0) is 0 Å². The van der Waals surface area contributed by atoms with Crippen molar-refractivity contribution in [1.82, 2.24) is 9.97 Å². The van der Waals surface area contributed by atoms with Gasteiger partial charge in [0.15, 0.2) is 0 Å². The summed E-state index contributed by atoms with van der Waals surface area (Å²) < 4.78 is 5.73. The molecule has 0 bridgehead atoms. The lowest BCUT2D eigenvalue weighted by molar-refractivity contribution is 0.123. The normalized spacial score (nSPS) is 11.3. The topological polar surface area (TPSA) is 47.0 Å². The Kier molecular flexibility index (Phi) is 3.50. The highest BCUT2D eigenvalue weighted by molar-refractivity contribution is 5.32. The van der Waals surface area contributed by atoms with Crippen molar-refractivity contribution in [3.05, 3.63) is 11.8 Å². The number of hydrogen-bond donors (Lipinski definition) is 1. The zero-order chi connectivity index (χ0) is 11.5. The maximum Gasteiger partial charge on any atom is 0.225 e. The van der Waals surface area contributed by atoms with Gasteiger partial charge >= 0.3 is 0 Å². The number of anilines is 1. The van der Waals surface area contributed by atoms with E-state index in [0.717, 1.165) is 12.1 Å². The van der Waals surface area contributed by atoms with E-state index in [1.54, 1.807) is 6.20 Å². The number of rotatable bonds is 3. The van der Waals surface area contributed by atoms with Crippen molar-refractivity contribution in [3.63, 3.8) is 0 Å². The molecule has 0 unspecified atom stereocenters. The molecule has 1 heterocycles. The molecule has 0 spiro atoms. The van der Waals surface area contributed by atoms with Crippen LogP contribution in [0.2, 0.25) is 0 Å². The molecule has 0 amide bonds. The fourth-order valence-electron chi connectivity index (χ4n) is 1.06. The number of nitrogens with zero attached hydrogens (tertiary/aromatic N) is 2. The third-order valence-electron chi connectivity index (χ3n) is 1.66. The van der Waals surface area contributed by atoms with Gasteiger partial charge in [-0.15, -0.1) is 0 Å². The van der Waals surface area contributed by atoms with E-state index >= 15 is 0 Å². The Labute approximate surface area is 91.1 Å². The summed E-state index contributed by atoms with van der Waals surface area (Å²) in [6.45, 7) is 10.8. The first-order chi connectivity index (χ1) is 6.92. The molecule has 1 rings (SSSR count). The first-order valence-corrected chi connectivity index (χ1v) is 5.19. The summed E-state index contributed by atoms with van der Waals surface area (Å²) in [4.78, 5) is 8.46. The number of hydrogen-bond acceptors (Lipinski definition) is 4. The minimum absolute atomic E-state index is 0.234. The molecule has 0 fully saturated rings. The summed E-state index contributed by atoms with van der Waals surface area (Å²) in [5.74, 6) is 1.26. The molecule has 0 aliphatic rings. The van der Waals surface area contributed by atoms with Crippen LogP contribution in [-0.4, -0.2) is 22.1 Å². The first-order valence-electron chi connectivity index (χ1n) is 5.19. The molecule has 15 heavy (non-hydrogen) atoms. The van der Waals surface area contributed by atoms with Gasteiger partial charge < -0.3 is 10.1 Å². The van der Waals surface area contributed by atoms with Gasteiger partial charge in [0.05, 0.1) is 0 Å². The van der Waals surface area contributed by atoms with E-state index in [1.807, 2.05) is 34.6 Å². The second-order valence-electron chi connectivity index (χ2n) is 4.43. The van der Waals surface area contributed by atoms with Crippen molar-refractivity contribution >= 4 is 5.95 Å². The first kappa shape index (κ1) is 11.8. The highest BCUT2D eigenvalue weighted by Crippen LogP contribution is 2.20. The maximum atomic E-state index is 5.73. The molecular weight excluding hydrogens is 190 g/mol. The van der Waals surface area contributed by atoms with Crippen LogP contribution in [0.15, 0.2) is 6.20 Å². The SMILES string of the molecule is CCNc1ncc(C)c(OC(C)(C)C)n1. The lowest BCUT2D eigenvalue weighted by Crippen LogP contribution is -2.24. The van der Waals surface area contributed by atoms with Crippen LogP contribution < -0.4 is 10.1 Å². The number of aryl methyl sites for hydroxylation is 1. The Morgan fingerprint density at radius 2 is 2.07 bits per heavy atom. The number of aromatic nitrogens is 2. The van der Waals surface area contributed by atoms with Crippen LogP contribution in [0.25, 0.3) is 0 Å². The summed E-state index contributed by atoms with van der Waals surface area (Å²) in [7, 11) is 0. The Morgan fingerprint density at radius 3 is 2.60 bits per heavy atom. The average Bonchev–Trinajstić information content (AvgIpc) is 2.09. The fourth-order valence-corrected chi connectivity index (χ4v) is 1.06. The molecule has 0 radical (unpaired) electrons. The van der Waals surface area contributed by atoms with Crippen molar-refractivity contribution in [2.75, 3.05) is 11.9 Å². The van der Waals surface area contributed by atoms with Gasteiger partial charge in [-0.1, -0.05) is 0 Å². The minimum atomic E-state index is -0.234. The average molecular weight is 209 g/mol. The summed E-state index contributed by atoms with van der Waals surface area (Å²) in [5, 5.41) is 3.06. The van der Waals surface area contributed by atoms with Crippen LogP contribution in [0.4, 0.5) is 5.95 Å². The van der Waals surface area contributed by atoms with Crippen LogP contribution in [0.3, 0.4) is 0 Å². The molecule has 4 nitrogen and oxygen atoms in total. The van der Waals surface area contributed by atoms with Crippen molar-refractivity contribution in [2.45, 2.75) is 40.2 Å². The Bertz CT molecular complexity index is 331. The number of ether oxygens (including phenoxy) is 1. The number of nitrogens with one attached hydrogen (secondary N) is 1. The van der Waals surface area contributed by atoms with E-state index in [2.05, 4.69) is 15.3 Å². The quantitative estimate of drug-likeness (QED) is 0.830. The zero-order valence-corrected chi connectivity index (χ0v) is 10.1. The van der Waals surface area contributed by atoms with E-state index < -0.39 is 0 Å². The lowest BCUT2D eigenvalue weighted by atomic mass is 10.2. The smallest absolute Gasteiger partial charge is 0.225 e. The molecule has 0 atom stereocenters. The van der Waals surface area contributed by atoms with Crippen LogP contribution in [0.5, 0.6) is 5.88 Å². The molecule has 84 valence electrons. The molecule has 0 saturated carbocycles.